The van der Waals surface area contributed by atoms with Gasteiger partial charge in [-0.1, -0.05) is 11.6 Å². The normalized spacial score (nSPS) is 17.8. The second-order valence-corrected chi connectivity index (χ2v) is 9.50. The van der Waals surface area contributed by atoms with E-state index in [4.69, 9.17) is 25.8 Å². The third kappa shape index (κ3) is 3.53. The van der Waals surface area contributed by atoms with E-state index in [0.717, 1.165) is 21.6 Å². The summed E-state index contributed by atoms with van der Waals surface area (Å²) in [4.78, 5) is 4.48. The minimum atomic E-state index is -3.64. The molecule has 1 aromatic heterocycles. The smallest absolute Gasteiger partial charge is 0.247 e. The highest BCUT2D eigenvalue weighted by molar-refractivity contribution is 7.88. The summed E-state index contributed by atoms with van der Waals surface area (Å²) in [7, 11) is -2.06. The fourth-order valence-corrected chi connectivity index (χ4v) is 4.94. The molecule has 3 heterocycles. The van der Waals surface area contributed by atoms with Gasteiger partial charge >= 0.3 is 0 Å². The number of halogens is 1. The van der Waals surface area contributed by atoms with Crippen molar-refractivity contribution in [1.29, 1.82) is 0 Å². The molecule has 0 N–H and O–H groups in total. The average molecular weight is 460 g/mol. The molecule has 0 spiro atoms. The van der Waals surface area contributed by atoms with Gasteiger partial charge in [0.05, 0.1) is 30.6 Å². The number of aromatic nitrogens is 1. The molecule has 0 fully saturated rings. The maximum Gasteiger partial charge on any atom is 0.247 e. The fraction of sp³-hybridized carbons (Fsp3) is 0.238. The highest BCUT2D eigenvalue weighted by Gasteiger charge is 2.36. The number of ether oxygens (including phenoxy) is 3. The zero-order valence-corrected chi connectivity index (χ0v) is 18.3. The molecule has 0 radical (unpaired) electrons. The molecule has 0 unspecified atom stereocenters. The molecule has 0 saturated heterocycles. The first kappa shape index (κ1) is 19.9. The van der Waals surface area contributed by atoms with Crippen LogP contribution in [-0.2, 0) is 10.0 Å². The van der Waals surface area contributed by atoms with Gasteiger partial charge in [-0.05, 0) is 42.0 Å². The van der Waals surface area contributed by atoms with E-state index in [1.807, 2.05) is 36.4 Å². The van der Waals surface area contributed by atoms with Gasteiger partial charge in [-0.3, -0.25) is 0 Å². The summed E-state index contributed by atoms with van der Waals surface area (Å²) in [5.41, 5.74) is 2.66. The zero-order valence-electron chi connectivity index (χ0n) is 16.7. The van der Waals surface area contributed by atoms with E-state index in [0.29, 0.717) is 40.5 Å². The van der Waals surface area contributed by atoms with E-state index >= 15 is 0 Å². The Morgan fingerprint density at radius 3 is 2.52 bits per heavy atom. The van der Waals surface area contributed by atoms with Crippen LogP contribution in [-0.4, -0.2) is 43.7 Å². The summed E-state index contributed by atoms with van der Waals surface area (Å²) >= 11 is 6.51. The topological polar surface area (TPSA) is 90.3 Å². The van der Waals surface area contributed by atoms with Crippen molar-refractivity contribution in [3.8, 4) is 17.2 Å². The number of methoxy groups -OCH3 is 1. The Labute approximate surface area is 184 Å². The lowest BCUT2D eigenvalue weighted by atomic mass is 9.99. The summed E-state index contributed by atoms with van der Waals surface area (Å²) in [6.45, 7) is 0.149. The standard InChI is InChI=1S/C21H18ClN3O5S/c1-28-14-5-3-12(4-6-14)17-9-18(25(24-17)31(2,26)27)15-7-13-8-19-20(30-11-29-19)10-16(13)23-21(15)22/h3-8,10,18H,9,11H2,1-2H3/t18-/m0/s1. The monoisotopic (exact) mass is 459 g/mol. The Morgan fingerprint density at radius 1 is 1.13 bits per heavy atom. The lowest BCUT2D eigenvalue weighted by molar-refractivity contribution is 0.174. The molecule has 2 aromatic carbocycles. The van der Waals surface area contributed by atoms with Crippen LogP contribution >= 0.6 is 11.6 Å². The van der Waals surface area contributed by atoms with E-state index in [-0.39, 0.29) is 11.9 Å². The minimum Gasteiger partial charge on any atom is -0.497 e. The molecule has 3 aromatic rings. The van der Waals surface area contributed by atoms with Crippen LogP contribution in [0.15, 0.2) is 47.6 Å². The van der Waals surface area contributed by atoms with Crippen LogP contribution in [0.5, 0.6) is 17.2 Å². The molecule has 2 aliphatic rings. The van der Waals surface area contributed by atoms with Gasteiger partial charge in [-0.2, -0.15) is 9.52 Å². The number of sulfonamides is 1. The van der Waals surface area contributed by atoms with Gasteiger partial charge in [0.2, 0.25) is 16.8 Å². The third-order valence-corrected chi connectivity index (χ3v) is 6.60. The van der Waals surface area contributed by atoms with Gasteiger partial charge in [-0.25, -0.2) is 13.4 Å². The van der Waals surface area contributed by atoms with E-state index in [1.54, 1.807) is 13.2 Å². The summed E-state index contributed by atoms with van der Waals surface area (Å²) < 4.78 is 42.2. The molecule has 1 atom stereocenters. The predicted octanol–water partition coefficient (Wildman–Crippen LogP) is 3.74. The first-order valence-corrected chi connectivity index (χ1v) is 11.7. The van der Waals surface area contributed by atoms with Crippen molar-refractivity contribution in [2.24, 2.45) is 5.10 Å². The van der Waals surface area contributed by atoms with Gasteiger partial charge in [0.25, 0.3) is 0 Å². The molecule has 31 heavy (non-hydrogen) atoms. The summed E-state index contributed by atoms with van der Waals surface area (Å²) in [5, 5.41) is 5.40. The molecule has 5 rings (SSSR count). The maximum absolute atomic E-state index is 12.5. The molecule has 0 aliphatic carbocycles. The van der Waals surface area contributed by atoms with Crippen LogP contribution in [0.4, 0.5) is 0 Å². The molecule has 2 aliphatic heterocycles. The van der Waals surface area contributed by atoms with Crippen molar-refractivity contribution in [2.75, 3.05) is 20.2 Å². The Balaban J connectivity index is 1.57. The Morgan fingerprint density at radius 2 is 1.84 bits per heavy atom. The summed E-state index contributed by atoms with van der Waals surface area (Å²) in [6.07, 6.45) is 1.48. The second-order valence-electron chi connectivity index (χ2n) is 7.30. The van der Waals surface area contributed by atoms with Crippen molar-refractivity contribution in [3.05, 3.63) is 58.7 Å². The number of rotatable bonds is 4. The lowest BCUT2D eigenvalue weighted by Crippen LogP contribution is -2.26. The van der Waals surface area contributed by atoms with Gasteiger partial charge in [0, 0.05) is 23.4 Å². The van der Waals surface area contributed by atoms with Crippen LogP contribution in [0.25, 0.3) is 10.9 Å². The number of fused-ring (bicyclic) bond motifs is 2. The van der Waals surface area contributed by atoms with Crippen LogP contribution in [0.2, 0.25) is 5.15 Å². The Hall–Kier alpha value is -3.04. The quantitative estimate of drug-likeness (QED) is 0.552. The van der Waals surface area contributed by atoms with Crippen molar-refractivity contribution >= 4 is 38.2 Å². The first-order chi connectivity index (χ1) is 14.8. The number of hydrazone groups is 1. The van der Waals surface area contributed by atoms with Crippen molar-refractivity contribution in [2.45, 2.75) is 12.5 Å². The van der Waals surface area contributed by atoms with Crippen molar-refractivity contribution in [1.82, 2.24) is 9.40 Å². The first-order valence-electron chi connectivity index (χ1n) is 9.44. The molecule has 0 bridgehead atoms. The maximum atomic E-state index is 12.5. The molecular formula is C21H18ClN3O5S. The zero-order chi connectivity index (χ0) is 21.8. The van der Waals surface area contributed by atoms with E-state index in [9.17, 15) is 8.42 Å². The largest absolute Gasteiger partial charge is 0.497 e. The van der Waals surface area contributed by atoms with Crippen LogP contribution < -0.4 is 14.2 Å². The highest BCUT2D eigenvalue weighted by Crippen LogP contribution is 2.41. The van der Waals surface area contributed by atoms with Crippen LogP contribution in [0, 0.1) is 0 Å². The molecule has 8 nitrogen and oxygen atoms in total. The Bertz CT molecular complexity index is 1330. The molecule has 0 amide bonds. The second kappa shape index (κ2) is 7.28. The molecule has 10 heteroatoms. The highest BCUT2D eigenvalue weighted by atomic mass is 35.5. The number of pyridine rings is 1. The van der Waals surface area contributed by atoms with E-state index < -0.39 is 16.1 Å². The number of benzene rings is 2. The SMILES string of the molecule is COc1ccc(C2=NN(S(C)(=O)=O)[C@H](c3cc4cc5c(cc4nc3Cl)OCO5)C2)cc1. The molecule has 0 saturated carbocycles. The summed E-state index contributed by atoms with van der Waals surface area (Å²) in [5.74, 6) is 1.93. The number of hydrogen-bond acceptors (Lipinski definition) is 7. The van der Waals surface area contributed by atoms with Crippen LogP contribution in [0.3, 0.4) is 0 Å². The molecular weight excluding hydrogens is 442 g/mol. The van der Waals surface area contributed by atoms with E-state index in [1.165, 1.54) is 0 Å². The average Bonchev–Trinajstić information content (AvgIpc) is 3.38. The van der Waals surface area contributed by atoms with Gasteiger partial charge in [0.15, 0.2) is 11.5 Å². The number of nitrogens with zero attached hydrogens (tertiary/aromatic N) is 3. The van der Waals surface area contributed by atoms with E-state index in [2.05, 4.69) is 10.1 Å². The van der Waals surface area contributed by atoms with Gasteiger partial charge in [0.1, 0.15) is 10.9 Å². The Kier molecular flexibility index (Phi) is 4.67. The summed E-state index contributed by atoms with van der Waals surface area (Å²) in [6, 6.07) is 12.1. The molecule has 160 valence electrons. The van der Waals surface area contributed by atoms with Crippen molar-refractivity contribution < 1.29 is 22.6 Å². The fourth-order valence-electron chi connectivity index (χ4n) is 3.77. The number of hydrogen-bond donors (Lipinski definition) is 0. The van der Waals surface area contributed by atoms with Crippen LogP contribution in [0.1, 0.15) is 23.6 Å². The van der Waals surface area contributed by atoms with Crippen molar-refractivity contribution in [3.63, 3.8) is 0 Å². The third-order valence-electron chi connectivity index (χ3n) is 5.28. The van der Waals surface area contributed by atoms with Gasteiger partial charge in [-0.15, -0.1) is 0 Å². The minimum absolute atomic E-state index is 0.149. The lowest BCUT2D eigenvalue weighted by Gasteiger charge is -2.22. The predicted molar refractivity (Wildman–Crippen MR) is 116 cm³/mol. The van der Waals surface area contributed by atoms with Gasteiger partial charge < -0.3 is 14.2 Å².